The highest BCUT2D eigenvalue weighted by molar-refractivity contribution is 5.95. The fourth-order valence-electron chi connectivity index (χ4n) is 3.61. The van der Waals surface area contributed by atoms with Gasteiger partial charge in [0.1, 0.15) is 11.8 Å². The molecule has 150 valence electrons. The molecule has 0 bridgehead atoms. The summed E-state index contributed by atoms with van der Waals surface area (Å²) in [6, 6.07) is 12.5. The van der Waals surface area contributed by atoms with Crippen LogP contribution in [0, 0.1) is 6.92 Å². The van der Waals surface area contributed by atoms with Crippen LogP contribution in [0.2, 0.25) is 0 Å². The maximum Gasteiger partial charge on any atom is 0.290 e. The quantitative estimate of drug-likeness (QED) is 0.695. The number of hydrogen-bond acceptors (Lipinski definition) is 5. The number of aromatic nitrogens is 1. The molecular weight excluding hydrogens is 370 g/mol. The van der Waals surface area contributed by atoms with Crippen LogP contribution >= 0.6 is 0 Å². The van der Waals surface area contributed by atoms with E-state index < -0.39 is 6.04 Å². The Hall–Kier alpha value is -3.35. The summed E-state index contributed by atoms with van der Waals surface area (Å²) in [5.74, 6) is 1.19. The zero-order valence-corrected chi connectivity index (χ0v) is 16.3. The predicted octanol–water partition coefficient (Wildman–Crippen LogP) is 3.21. The molecule has 2 aromatic heterocycles. The minimum atomic E-state index is -0.467. The van der Waals surface area contributed by atoms with Crippen molar-refractivity contribution in [3.63, 3.8) is 0 Å². The third-order valence-corrected chi connectivity index (χ3v) is 5.12. The first kappa shape index (κ1) is 19.0. The van der Waals surface area contributed by atoms with Gasteiger partial charge in [-0.25, -0.2) is 4.98 Å². The van der Waals surface area contributed by atoms with Gasteiger partial charge in [-0.2, -0.15) is 0 Å². The summed E-state index contributed by atoms with van der Waals surface area (Å²) in [5, 5.41) is 2.93. The van der Waals surface area contributed by atoms with Crippen LogP contribution in [0.3, 0.4) is 0 Å². The van der Waals surface area contributed by atoms with E-state index in [0.717, 1.165) is 23.4 Å². The van der Waals surface area contributed by atoms with E-state index in [9.17, 15) is 9.59 Å². The van der Waals surface area contributed by atoms with Gasteiger partial charge in [0.2, 0.25) is 11.8 Å². The lowest BCUT2D eigenvalue weighted by atomic mass is 10.2. The molecule has 0 aliphatic carbocycles. The molecule has 0 saturated carbocycles. The second-order valence-electron chi connectivity index (χ2n) is 7.06. The molecule has 1 atom stereocenters. The number of nitrogens with one attached hydrogen (secondary N) is 1. The van der Waals surface area contributed by atoms with Crippen LogP contribution in [-0.4, -0.2) is 40.8 Å². The first-order valence-electron chi connectivity index (χ1n) is 9.77. The molecule has 3 heterocycles. The fraction of sp³-hybridized carbons (Fsp3) is 0.318. The Morgan fingerprint density at radius 1 is 1.21 bits per heavy atom. The molecule has 2 amide bonds. The average Bonchev–Trinajstić information content (AvgIpc) is 3.49. The van der Waals surface area contributed by atoms with E-state index >= 15 is 0 Å². The van der Waals surface area contributed by atoms with Gasteiger partial charge >= 0.3 is 0 Å². The van der Waals surface area contributed by atoms with Crippen molar-refractivity contribution in [1.82, 2.24) is 15.2 Å². The van der Waals surface area contributed by atoms with Crippen molar-refractivity contribution in [2.75, 3.05) is 13.1 Å². The molecule has 1 N–H and O–H groups in total. The molecule has 4 rings (SSSR count). The summed E-state index contributed by atoms with van der Waals surface area (Å²) < 4.78 is 10.9. The van der Waals surface area contributed by atoms with Crippen LogP contribution in [0.5, 0.6) is 0 Å². The second-order valence-corrected chi connectivity index (χ2v) is 7.06. The number of oxazole rings is 1. The molecule has 7 heteroatoms. The van der Waals surface area contributed by atoms with Crippen molar-refractivity contribution in [2.45, 2.75) is 32.2 Å². The highest BCUT2D eigenvalue weighted by Crippen LogP contribution is 2.22. The fourth-order valence-corrected chi connectivity index (χ4v) is 3.61. The molecule has 0 radical (unpaired) electrons. The van der Waals surface area contributed by atoms with E-state index in [-0.39, 0.29) is 17.6 Å². The smallest absolute Gasteiger partial charge is 0.290 e. The largest absolute Gasteiger partial charge is 0.459 e. The molecule has 1 fully saturated rings. The zero-order valence-electron chi connectivity index (χ0n) is 16.3. The molecule has 1 aliphatic heterocycles. The maximum atomic E-state index is 12.7. The lowest BCUT2D eigenvalue weighted by molar-refractivity contribution is -0.124. The topological polar surface area (TPSA) is 88.6 Å². The number of benzene rings is 1. The highest BCUT2D eigenvalue weighted by Gasteiger charge is 2.35. The molecule has 1 aliphatic rings. The van der Waals surface area contributed by atoms with E-state index in [0.29, 0.717) is 31.8 Å². The summed E-state index contributed by atoms with van der Waals surface area (Å²) in [6.45, 7) is 2.86. The molecular formula is C22H23N3O4. The number of nitrogens with zero attached hydrogens (tertiary/aromatic N) is 2. The van der Waals surface area contributed by atoms with E-state index in [4.69, 9.17) is 8.83 Å². The second kappa shape index (κ2) is 8.34. The molecule has 1 aromatic carbocycles. The Morgan fingerprint density at radius 3 is 2.79 bits per heavy atom. The molecule has 29 heavy (non-hydrogen) atoms. The number of likely N-dealkylation sites (tertiary alicyclic amines) is 1. The number of aryl methyl sites for hydroxylation is 1. The third kappa shape index (κ3) is 4.08. The molecule has 0 spiro atoms. The van der Waals surface area contributed by atoms with Gasteiger partial charge in [-0.15, -0.1) is 0 Å². The summed E-state index contributed by atoms with van der Waals surface area (Å²) in [6.07, 6.45) is 3.47. The number of carbonyl (C=O) groups is 2. The lowest BCUT2D eigenvalue weighted by Gasteiger charge is -2.22. The van der Waals surface area contributed by atoms with Crippen molar-refractivity contribution in [3.8, 4) is 11.5 Å². The molecule has 3 aromatic rings. The van der Waals surface area contributed by atoms with Gasteiger partial charge in [-0.05, 0) is 44.0 Å². The predicted molar refractivity (Wildman–Crippen MR) is 106 cm³/mol. The van der Waals surface area contributed by atoms with E-state index in [1.54, 1.807) is 17.0 Å². The van der Waals surface area contributed by atoms with Crippen molar-refractivity contribution in [3.05, 3.63) is 65.9 Å². The Balaban J connectivity index is 1.34. The van der Waals surface area contributed by atoms with Crippen molar-refractivity contribution in [1.29, 1.82) is 0 Å². The number of carbonyl (C=O) groups excluding carboxylic acids is 2. The van der Waals surface area contributed by atoms with Gasteiger partial charge in [-0.1, -0.05) is 18.2 Å². The van der Waals surface area contributed by atoms with Crippen LogP contribution in [0.1, 0.15) is 34.9 Å². The summed E-state index contributed by atoms with van der Waals surface area (Å²) in [4.78, 5) is 31.3. The number of furan rings is 1. The molecule has 0 unspecified atom stereocenters. The van der Waals surface area contributed by atoms with Crippen LogP contribution in [0.25, 0.3) is 11.5 Å². The Morgan fingerprint density at radius 2 is 2.03 bits per heavy atom. The van der Waals surface area contributed by atoms with E-state index in [1.807, 2.05) is 37.3 Å². The first-order valence-corrected chi connectivity index (χ1v) is 9.77. The Bertz CT molecular complexity index is 979. The van der Waals surface area contributed by atoms with Crippen LogP contribution < -0.4 is 5.32 Å². The van der Waals surface area contributed by atoms with Gasteiger partial charge in [0.05, 0.1) is 12.0 Å². The van der Waals surface area contributed by atoms with Crippen molar-refractivity contribution < 1.29 is 18.4 Å². The molecule has 7 nitrogen and oxygen atoms in total. The molecule has 1 saturated heterocycles. The highest BCUT2D eigenvalue weighted by atomic mass is 16.4. The average molecular weight is 393 g/mol. The summed E-state index contributed by atoms with van der Waals surface area (Å²) in [5.41, 5.74) is 1.74. The first-order chi connectivity index (χ1) is 14.1. The van der Waals surface area contributed by atoms with Gasteiger partial charge in [0.15, 0.2) is 5.76 Å². The normalized spacial score (nSPS) is 16.2. The Labute approximate surface area is 168 Å². The van der Waals surface area contributed by atoms with E-state index in [2.05, 4.69) is 10.3 Å². The van der Waals surface area contributed by atoms with Crippen LogP contribution in [-0.2, 0) is 11.2 Å². The zero-order chi connectivity index (χ0) is 20.2. The summed E-state index contributed by atoms with van der Waals surface area (Å²) in [7, 11) is 0. The lowest BCUT2D eigenvalue weighted by Crippen LogP contribution is -2.46. The number of hydrogen-bond donors (Lipinski definition) is 1. The monoisotopic (exact) mass is 393 g/mol. The third-order valence-electron chi connectivity index (χ3n) is 5.12. The minimum Gasteiger partial charge on any atom is -0.459 e. The minimum absolute atomic E-state index is 0.146. The maximum absolute atomic E-state index is 12.7. The SMILES string of the molecule is Cc1oc(-c2ccccc2)nc1CCNC(=O)[C@H]1CCCN1C(=O)c1ccco1. The van der Waals surface area contributed by atoms with E-state index in [1.165, 1.54) is 6.26 Å². The standard InChI is InChI=1S/C22H23N3O4/c1-15-17(24-21(29-15)16-7-3-2-4-8-16)11-12-23-20(26)18-9-5-13-25(18)22(27)19-10-6-14-28-19/h2-4,6-8,10,14,18H,5,9,11-13H2,1H3,(H,23,26)/t18-/m1/s1. The van der Waals surface area contributed by atoms with Gasteiger partial charge in [0, 0.05) is 25.1 Å². The van der Waals surface area contributed by atoms with Gasteiger partial charge in [0.25, 0.3) is 5.91 Å². The van der Waals surface area contributed by atoms with Crippen LogP contribution in [0.15, 0.2) is 57.6 Å². The Kier molecular flexibility index (Phi) is 5.46. The summed E-state index contributed by atoms with van der Waals surface area (Å²) >= 11 is 0. The number of rotatable bonds is 6. The van der Waals surface area contributed by atoms with Crippen LogP contribution in [0.4, 0.5) is 0 Å². The number of amides is 2. The van der Waals surface area contributed by atoms with Gasteiger partial charge < -0.3 is 19.1 Å². The van der Waals surface area contributed by atoms with Gasteiger partial charge in [-0.3, -0.25) is 9.59 Å². The van der Waals surface area contributed by atoms with Crippen molar-refractivity contribution in [2.24, 2.45) is 0 Å². The van der Waals surface area contributed by atoms with Crippen molar-refractivity contribution >= 4 is 11.8 Å².